The number of rotatable bonds is 6. The van der Waals surface area contributed by atoms with Gasteiger partial charge in [0.1, 0.15) is 42.3 Å². The van der Waals surface area contributed by atoms with Crippen molar-refractivity contribution in [1.82, 2.24) is 0 Å². The Balaban J connectivity index is 0.000000181. The van der Waals surface area contributed by atoms with Crippen molar-refractivity contribution in [3.05, 3.63) is 316 Å². The fourth-order valence-electron chi connectivity index (χ4n) is 13.7. The molecular formula is C96H120N6+6. The van der Waals surface area contributed by atoms with Crippen molar-refractivity contribution in [1.29, 1.82) is 0 Å². The maximum Gasteiger partial charge on any atom is 0.215 e. The number of aryl methyl sites for hydroxylation is 18. The number of benzene rings is 6. The van der Waals surface area contributed by atoms with Crippen LogP contribution in [0.25, 0.3) is 67.5 Å². The highest BCUT2D eigenvalue weighted by Crippen LogP contribution is 2.31. The fraction of sp³-hybridized carbons (Fsp3) is 0.312. The molecule has 6 aromatic carbocycles. The molecule has 0 saturated heterocycles. The van der Waals surface area contributed by atoms with Crippen molar-refractivity contribution in [2.75, 3.05) is 0 Å². The molecule has 0 atom stereocenters. The van der Waals surface area contributed by atoms with E-state index in [1.165, 1.54) is 179 Å². The zero-order valence-electron chi connectivity index (χ0n) is 73.0. The number of aromatic nitrogens is 6. The fourth-order valence-corrected chi connectivity index (χ4v) is 13.7. The maximum atomic E-state index is 7.75. The summed E-state index contributed by atoms with van der Waals surface area (Å²) in [5.74, 6) is 0. The molecule has 0 amide bonds. The van der Waals surface area contributed by atoms with E-state index >= 15 is 0 Å². The van der Waals surface area contributed by atoms with E-state index in [-0.39, 0.29) is 11.3 Å². The van der Waals surface area contributed by atoms with Crippen molar-refractivity contribution < 1.29 is 35.6 Å². The van der Waals surface area contributed by atoms with Gasteiger partial charge in [0.05, 0.1) is 11.1 Å². The summed E-state index contributed by atoms with van der Waals surface area (Å²) < 4.78 is 58.9. The largest absolute Gasteiger partial charge is 0.215 e. The Morgan fingerprint density at radius 1 is 0.216 bits per heavy atom. The lowest BCUT2D eigenvalue weighted by Crippen LogP contribution is -2.36. The van der Waals surface area contributed by atoms with E-state index in [9.17, 15) is 0 Å². The molecule has 0 unspecified atom stereocenters. The summed E-state index contributed by atoms with van der Waals surface area (Å²) in [6.07, 6.45) is 0. The van der Waals surface area contributed by atoms with E-state index in [2.05, 4.69) is 348 Å². The van der Waals surface area contributed by atoms with Gasteiger partial charge in [-0.3, -0.25) is 0 Å². The van der Waals surface area contributed by atoms with E-state index < -0.39 is 13.7 Å². The highest BCUT2D eigenvalue weighted by atomic mass is 15.0. The summed E-state index contributed by atoms with van der Waals surface area (Å²) >= 11 is 0. The quantitative estimate of drug-likeness (QED) is 0.148. The number of pyridine rings is 6. The maximum absolute atomic E-state index is 7.75. The van der Waals surface area contributed by atoms with E-state index in [4.69, 9.17) is 8.22 Å². The molecular weight excluding hydrogens is 1240 g/mol. The standard InChI is InChI=1S/6C16H20N/c2*1-11-9-14(4)17(5)15(10-11)16-12(2)7-6-8-13(16)3;2*1-11-7-6-8-15(13(11)3)16-10-9-12(2)14(4)17(16)5;2*1-11-8-6-7-9-15(11)16-14(4)12(2)10-13(3)17(16)5/h6*6-10H,1-5H3/q6*+1/i;;2D3,4D3;;;. The Bertz CT molecular complexity index is 4980. The summed E-state index contributed by atoms with van der Waals surface area (Å²) in [5.41, 5.74) is 43.4. The van der Waals surface area contributed by atoms with Crippen LogP contribution in [0, 0.1) is 166 Å². The van der Waals surface area contributed by atoms with Crippen LogP contribution in [-0.4, -0.2) is 0 Å². The molecule has 0 fully saturated rings. The normalized spacial score (nSPS) is 11.8. The van der Waals surface area contributed by atoms with E-state index in [1.807, 2.05) is 32.0 Å². The minimum Gasteiger partial charge on any atom is -0.199 e. The Morgan fingerprint density at radius 3 is 0.892 bits per heavy atom. The first-order chi connectivity index (χ1) is 50.5. The molecule has 12 aromatic rings. The minimum atomic E-state index is -2.51. The van der Waals surface area contributed by atoms with Gasteiger partial charge in [-0.25, -0.2) is 0 Å². The highest BCUT2D eigenvalue weighted by Gasteiger charge is 2.24. The van der Waals surface area contributed by atoms with Crippen molar-refractivity contribution in [2.24, 2.45) is 42.3 Å². The number of hydrogen-bond acceptors (Lipinski definition) is 0. The Kier molecular flexibility index (Phi) is 24.1. The van der Waals surface area contributed by atoms with Crippen LogP contribution in [0.1, 0.15) is 143 Å². The Hall–Kier alpha value is -9.78. The molecule has 6 nitrogen and oxygen atoms in total. The number of nitrogens with zero attached hydrogens (tertiary/aromatic N) is 6. The lowest BCUT2D eigenvalue weighted by atomic mass is 9.98. The third kappa shape index (κ3) is 18.3. The average molecular weight is 1360 g/mol. The summed E-state index contributed by atoms with van der Waals surface area (Å²) in [4.78, 5) is 0. The summed E-state index contributed by atoms with van der Waals surface area (Å²) in [7, 11) is 12.3. The monoisotopic (exact) mass is 1360 g/mol. The van der Waals surface area contributed by atoms with Gasteiger partial charge in [0.15, 0.2) is 34.2 Å². The molecule has 0 aliphatic rings. The lowest BCUT2D eigenvalue weighted by molar-refractivity contribution is -0.667. The van der Waals surface area contributed by atoms with Crippen LogP contribution in [0.15, 0.2) is 182 Å². The molecule has 528 valence electrons. The van der Waals surface area contributed by atoms with Crippen molar-refractivity contribution in [2.45, 2.75) is 166 Å². The minimum absolute atomic E-state index is 0.131. The second-order valence-corrected chi connectivity index (χ2v) is 28.5. The van der Waals surface area contributed by atoms with Crippen molar-refractivity contribution in [3.63, 3.8) is 0 Å². The second kappa shape index (κ2) is 34.7. The van der Waals surface area contributed by atoms with Crippen LogP contribution in [0.4, 0.5) is 0 Å². The molecule has 0 saturated carbocycles. The number of hydrogen-bond donors (Lipinski definition) is 0. The van der Waals surface area contributed by atoms with Crippen molar-refractivity contribution >= 4 is 0 Å². The van der Waals surface area contributed by atoms with Gasteiger partial charge in [-0.05, 0) is 239 Å². The molecule has 0 bridgehead atoms. The smallest absolute Gasteiger partial charge is 0.199 e. The van der Waals surface area contributed by atoms with Gasteiger partial charge < -0.3 is 0 Å². The predicted molar refractivity (Wildman–Crippen MR) is 432 cm³/mol. The van der Waals surface area contributed by atoms with E-state index in [1.54, 1.807) is 13.1 Å². The van der Waals surface area contributed by atoms with Gasteiger partial charge in [-0.1, -0.05) is 97.1 Å². The topological polar surface area (TPSA) is 23.3 Å². The third-order valence-electron chi connectivity index (χ3n) is 21.2. The average Bonchev–Trinajstić information content (AvgIpc) is 0.764. The second-order valence-electron chi connectivity index (χ2n) is 28.5. The molecule has 6 heteroatoms. The van der Waals surface area contributed by atoms with Crippen LogP contribution in [0.3, 0.4) is 0 Å². The van der Waals surface area contributed by atoms with Crippen LogP contribution >= 0.6 is 0 Å². The van der Waals surface area contributed by atoms with Crippen LogP contribution in [0.5, 0.6) is 0 Å². The van der Waals surface area contributed by atoms with Gasteiger partial charge in [-0.15, -0.1) is 0 Å². The van der Waals surface area contributed by atoms with Crippen LogP contribution in [0.2, 0.25) is 0 Å². The van der Waals surface area contributed by atoms with Gasteiger partial charge in [-0.2, -0.15) is 27.4 Å². The first-order valence-corrected chi connectivity index (χ1v) is 35.8. The summed E-state index contributed by atoms with van der Waals surface area (Å²) in [6, 6.07) is 63.4. The molecule has 6 aromatic heterocycles. The molecule has 102 heavy (non-hydrogen) atoms. The molecule has 0 spiro atoms. The van der Waals surface area contributed by atoms with Crippen LogP contribution < -0.4 is 27.4 Å². The third-order valence-corrected chi connectivity index (χ3v) is 21.2. The molecule has 0 N–H and O–H groups in total. The molecule has 12 rings (SSSR count). The SMILES string of the molecule is Cc1cc(C)[n+](C)c(-c2c(C)cccc2C)c1.Cc1cc(C)[n+](C)c(-c2c(C)cccc2C)c1.Cc1cccc(-c2ccc(C)c(C)[n+]2C)c1C.Cc1ccccc1-c1c(C)c(C)cc(C)[n+]1C.Cc1ccccc1-c1c(C)c(C)cc(C)[n+]1C.[2H]C([2H])([2H])c1ccc(-c2cccc(C)c2C)[n+](C)c1C([2H])([2H])[2H]. The summed E-state index contributed by atoms with van der Waals surface area (Å²) in [5, 5.41) is 0. The Labute approximate surface area is 624 Å². The molecule has 0 aliphatic heterocycles. The van der Waals surface area contributed by atoms with Crippen molar-refractivity contribution in [3.8, 4) is 67.5 Å². The molecule has 6 heterocycles. The Morgan fingerprint density at radius 2 is 0.529 bits per heavy atom. The zero-order valence-corrected chi connectivity index (χ0v) is 67.0. The van der Waals surface area contributed by atoms with Crippen LogP contribution in [-0.2, 0) is 42.3 Å². The zero-order chi connectivity index (χ0) is 80.5. The van der Waals surface area contributed by atoms with E-state index in [0.717, 1.165) is 16.7 Å². The molecule has 0 aliphatic carbocycles. The first kappa shape index (κ1) is 70.6. The van der Waals surface area contributed by atoms with Gasteiger partial charge in [0.25, 0.3) is 0 Å². The molecule has 0 radical (unpaired) electrons. The highest BCUT2D eigenvalue weighted by molar-refractivity contribution is 5.69. The van der Waals surface area contributed by atoms with Gasteiger partial charge >= 0.3 is 0 Å². The predicted octanol–water partition coefficient (Wildman–Crippen LogP) is 20.5. The summed E-state index contributed by atoms with van der Waals surface area (Å²) in [6.45, 7) is 42.5. The van der Waals surface area contributed by atoms with Gasteiger partial charge in [0.2, 0.25) is 34.2 Å². The van der Waals surface area contributed by atoms with E-state index in [0.29, 0.717) is 5.69 Å². The lowest BCUT2D eigenvalue weighted by Gasteiger charge is -2.10. The first-order valence-electron chi connectivity index (χ1n) is 38.8. The van der Waals surface area contributed by atoms with Gasteiger partial charge in [0, 0.05) is 143 Å².